The number of hydrogen-bond acceptors (Lipinski definition) is 7. The first-order valence-corrected chi connectivity index (χ1v) is 11.5. The lowest BCUT2D eigenvalue weighted by molar-refractivity contribution is 0.433. The van der Waals surface area contributed by atoms with Crippen molar-refractivity contribution in [2.45, 2.75) is 30.5 Å². The van der Waals surface area contributed by atoms with Gasteiger partial charge in [-0.1, -0.05) is 29.4 Å². The summed E-state index contributed by atoms with van der Waals surface area (Å²) < 4.78 is 44.1. The van der Waals surface area contributed by atoms with Gasteiger partial charge in [-0.2, -0.15) is 0 Å². The Bertz CT molecular complexity index is 1370. The predicted molar refractivity (Wildman–Crippen MR) is 119 cm³/mol. The second kappa shape index (κ2) is 8.60. The Balaban J connectivity index is 1.62. The van der Waals surface area contributed by atoms with E-state index in [4.69, 9.17) is 10.3 Å². The lowest BCUT2D eigenvalue weighted by Crippen LogP contribution is -2.13. The summed E-state index contributed by atoms with van der Waals surface area (Å²) in [5.74, 6) is -0.0315. The molecule has 0 unspecified atom stereocenters. The van der Waals surface area contributed by atoms with E-state index in [1.165, 1.54) is 12.3 Å². The Morgan fingerprint density at radius 3 is 2.31 bits per heavy atom. The number of benzene rings is 2. The first-order chi connectivity index (χ1) is 15.3. The van der Waals surface area contributed by atoms with Crippen molar-refractivity contribution in [2.75, 3.05) is 0 Å². The minimum absolute atomic E-state index is 0.114. The maximum Gasteiger partial charge on any atom is 0.187 e. The third-order valence-electron chi connectivity index (χ3n) is 5.07. The molecule has 4 aromatic rings. The summed E-state index contributed by atoms with van der Waals surface area (Å²) in [6.45, 7) is 3.40. The summed E-state index contributed by atoms with van der Waals surface area (Å²) in [4.78, 5) is 9.03. The van der Waals surface area contributed by atoms with E-state index in [2.05, 4.69) is 15.1 Å². The van der Waals surface area contributed by atoms with Gasteiger partial charge in [0.25, 0.3) is 0 Å². The molecule has 0 amide bonds. The summed E-state index contributed by atoms with van der Waals surface area (Å²) in [5, 5.41) is 3.51. The van der Waals surface area contributed by atoms with Crippen molar-refractivity contribution in [3.05, 3.63) is 72.3 Å². The van der Waals surface area contributed by atoms with Crippen LogP contribution in [-0.4, -0.2) is 28.8 Å². The molecule has 32 heavy (non-hydrogen) atoms. The number of nitrogens with zero attached hydrogens (tertiary/aromatic N) is 3. The summed E-state index contributed by atoms with van der Waals surface area (Å²) in [5.41, 5.74) is 8.64. The van der Waals surface area contributed by atoms with Gasteiger partial charge in [0.2, 0.25) is 0 Å². The van der Waals surface area contributed by atoms with Gasteiger partial charge in [0.15, 0.2) is 15.6 Å². The third kappa shape index (κ3) is 4.17. The molecule has 0 atom stereocenters. The molecule has 2 heterocycles. The lowest BCUT2D eigenvalue weighted by Gasteiger charge is -2.08. The molecule has 0 aliphatic rings. The quantitative estimate of drug-likeness (QED) is 0.465. The van der Waals surface area contributed by atoms with E-state index >= 15 is 0 Å². The van der Waals surface area contributed by atoms with Gasteiger partial charge >= 0.3 is 0 Å². The second-order valence-corrected chi connectivity index (χ2v) is 10.00. The van der Waals surface area contributed by atoms with E-state index in [0.29, 0.717) is 39.5 Å². The fourth-order valence-electron chi connectivity index (χ4n) is 3.12. The standard InChI is InChI=1S/C23H21FN4O3S/c1-14(2)32(29,30)18-7-5-15(6-8-18)21-12-26-13-22(27-21)23-10-20(28-31-23)16-3-4-17(11-25)19(24)9-16/h3-10,12-14H,11,25H2,1-2H3. The topological polar surface area (TPSA) is 112 Å². The molecular weight excluding hydrogens is 431 g/mol. The monoisotopic (exact) mass is 452 g/mol. The van der Waals surface area contributed by atoms with Crippen molar-refractivity contribution in [3.63, 3.8) is 0 Å². The van der Waals surface area contributed by atoms with Gasteiger partial charge in [-0.25, -0.2) is 17.8 Å². The summed E-state index contributed by atoms with van der Waals surface area (Å²) in [6.07, 6.45) is 3.11. The molecule has 0 aliphatic heterocycles. The van der Waals surface area contributed by atoms with Crippen LogP contribution in [0.3, 0.4) is 0 Å². The first-order valence-electron chi connectivity index (χ1n) is 9.92. The fourth-order valence-corrected chi connectivity index (χ4v) is 4.18. The number of halogens is 1. The molecule has 2 aromatic heterocycles. The number of hydrogen-bond donors (Lipinski definition) is 1. The van der Waals surface area contributed by atoms with Crippen molar-refractivity contribution >= 4 is 9.84 Å². The van der Waals surface area contributed by atoms with Gasteiger partial charge in [-0.05, 0) is 32.0 Å². The Kier molecular flexibility index (Phi) is 5.86. The van der Waals surface area contributed by atoms with Crippen LogP contribution in [-0.2, 0) is 16.4 Å². The van der Waals surface area contributed by atoms with Crippen molar-refractivity contribution in [1.29, 1.82) is 0 Å². The largest absolute Gasteiger partial charge is 0.354 e. The van der Waals surface area contributed by atoms with E-state index in [0.717, 1.165) is 0 Å². The summed E-state index contributed by atoms with van der Waals surface area (Å²) in [7, 11) is -3.35. The number of sulfone groups is 1. The molecule has 0 fully saturated rings. The Morgan fingerprint density at radius 2 is 1.66 bits per heavy atom. The fraction of sp³-hybridized carbons (Fsp3) is 0.174. The van der Waals surface area contributed by atoms with E-state index in [9.17, 15) is 12.8 Å². The summed E-state index contributed by atoms with van der Waals surface area (Å²) in [6, 6.07) is 12.9. The highest BCUT2D eigenvalue weighted by Crippen LogP contribution is 2.28. The SMILES string of the molecule is CC(C)S(=O)(=O)c1ccc(-c2cncc(-c3cc(-c4ccc(CN)c(F)c4)no3)n2)cc1. The van der Waals surface area contributed by atoms with Crippen molar-refractivity contribution in [3.8, 4) is 34.0 Å². The van der Waals surface area contributed by atoms with Crippen molar-refractivity contribution in [2.24, 2.45) is 5.73 Å². The first kappa shape index (κ1) is 21.8. The molecule has 0 aliphatic carbocycles. The van der Waals surface area contributed by atoms with Gasteiger partial charge in [0.1, 0.15) is 17.2 Å². The molecule has 0 radical (unpaired) electrons. The highest BCUT2D eigenvalue weighted by Gasteiger charge is 2.19. The number of nitrogens with two attached hydrogens (primary N) is 1. The highest BCUT2D eigenvalue weighted by atomic mass is 32.2. The van der Waals surface area contributed by atoms with Gasteiger partial charge < -0.3 is 10.3 Å². The number of rotatable bonds is 6. The van der Waals surface area contributed by atoms with Crippen LogP contribution in [0.5, 0.6) is 0 Å². The van der Waals surface area contributed by atoms with Crippen LogP contribution in [0.1, 0.15) is 19.4 Å². The van der Waals surface area contributed by atoms with E-state index in [1.807, 2.05) is 0 Å². The molecule has 2 aromatic carbocycles. The Labute approximate surface area is 185 Å². The summed E-state index contributed by atoms with van der Waals surface area (Å²) >= 11 is 0. The van der Waals surface area contributed by atoms with Gasteiger partial charge in [0, 0.05) is 29.3 Å². The smallest absolute Gasteiger partial charge is 0.187 e. The zero-order chi connectivity index (χ0) is 22.9. The average Bonchev–Trinajstić information content (AvgIpc) is 3.29. The molecular formula is C23H21FN4O3S. The molecule has 164 valence electrons. The molecule has 0 spiro atoms. The highest BCUT2D eigenvalue weighted by molar-refractivity contribution is 7.92. The maximum absolute atomic E-state index is 14.1. The minimum Gasteiger partial charge on any atom is -0.354 e. The molecule has 0 saturated heterocycles. The maximum atomic E-state index is 14.1. The van der Waals surface area contributed by atoms with Crippen LogP contribution >= 0.6 is 0 Å². The molecule has 9 heteroatoms. The van der Waals surface area contributed by atoms with Crippen molar-refractivity contribution in [1.82, 2.24) is 15.1 Å². The molecule has 0 saturated carbocycles. The van der Waals surface area contributed by atoms with E-state index in [-0.39, 0.29) is 11.4 Å². The number of aromatic nitrogens is 3. The zero-order valence-electron chi connectivity index (χ0n) is 17.5. The van der Waals surface area contributed by atoms with Crippen LogP contribution in [0.15, 0.2) is 70.3 Å². The van der Waals surface area contributed by atoms with Crippen LogP contribution in [0, 0.1) is 5.82 Å². The van der Waals surface area contributed by atoms with Crippen molar-refractivity contribution < 1.29 is 17.3 Å². The van der Waals surface area contributed by atoms with Gasteiger partial charge in [-0.15, -0.1) is 0 Å². The second-order valence-electron chi connectivity index (χ2n) is 7.49. The molecule has 2 N–H and O–H groups in total. The van der Waals surface area contributed by atoms with Gasteiger partial charge in [0.05, 0.1) is 28.2 Å². The Hall–Kier alpha value is -3.43. The van der Waals surface area contributed by atoms with Crippen LogP contribution < -0.4 is 5.73 Å². The Morgan fingerprint density at radius 1 is 0.969 bits per heavy atom. The van der Waals surface area contributed by atoms with Gasteiger partial charge in [-0.3, -0.25) is 4.98 Å². The van der Waals surface area contributed by atoms with E-state index < -0.39 is 20.9 Å². The third-order valence-corrected chi connectivity index (χ3v) is 7.24. The molecule has 4 rings (SSSR count). The van der Waals surface area contributed by atoms with Crippen LogP contribution in [0.4, 0.5) is 4.39 Å². The predicted octanol–water partition coefficient (Wildman–Crippen LogP) is 4.25. The molecule has 7 nitrogen and oxygen atoms in total. The molecule has 0 bridgehead atoms. The zero-order valence-corrected chi connectivity index (χ0v) is 18.3. The average molecular weight is 453 g/mol. The van der Waals surface area contributed by atoms with Crippen LogP contribution in [0.25, 0.3) is 34.0 Å². The normalized spacial score (nSPS) is 11.8. The minimum atomic E-state index is -3.35. The van der Waals surface area contributed by atoms with E-state index in [1.54, 1.807) is 62.5 Å². The lowest BCUT2D eigenvalue weighted by atomic mass is 10.1. The van der Waals surface area contributed by atoms with Crippen LogP contribution in [0.2, 0.25) is 0 Å².